The van der Waals surface area contributed by atoms with Crippen LogP contribution in [0.5, 0.6) is 11.5 Å². The summed E-state index contributed by atoms with van der Waals surface area (Å²) in [7, 11) is 0. The number of fused-ring (bicyclic) bond motifs is 2. The molecule has 1 N–H and O–H groups in total. The van der Waals surface area contributed by atoms with Crippen LogP contribution in [0.25, 0.3) is 10.2 Å². The van der Waals surface area contributed by atoms with Gasteiger partial charge in [0.05, 0.1) is 10.2 Å². The Hall–Kier alpha value is -1.98. The summed E-state index contributed by atoms with van der Waals surface area (Å²) in [4.78, 5) is 4.54. The molecule has 0 saturated carbocycles. The molecule has 0 unspecified atom stereocenters. The molecule has 0 fully saturated rings. The molecule has 6 heteroatoms. The van der Waals surface area contributed by atoms with Crippen molar-refractivity contribution in [1.82, 2.24) is 4.98 Å². The Morgan fingerprint density at radius 2 is 1.90 bits per heavy atom. The molecule has 1 aliphatic rings. The summed E-state index contributed by atoms with van der Waals surface area (Å²) < 4.78 is 12.1. The van der Waals surface area contributed by atoms with Crippen molar-refractivity contribution in [2.45, 2.75) is 0 Å². The van der Waals surface area contributed by atoms with Gasteiger partial charge in [-0.1, -0.05) is 22.9 Å². The van der Waals surface area contributed by atoms with E-state index in [1.54, 1.807) is 11.3 Å². The standard InChI is InChI=1S/C15H11ClN2O2S/c16-9-1-3-11-14(7-9)21-15(18-11)17-10-2-4-12-13(8-10)20-6-5-19-12/h1-4,7-8H,5-6H2,(H,17,18). The quantitative estimate of drug-likeness (QED) is 0.757. The van der Waals surface area contributed by atoms with Gasteiger partial charge in [0.25, 0.3) is 0 Å². The van der Waals surface area contributed by atoms with Gasteiger partial charge >= 0.3 is 0 Å². The first-order chi connectivity index (χ1) is 10.3. The molecule has 106 valence electrons. The number of aromatic nitrogens is 1. The van der Waals surface area contributed by atoms with Crippen LogP contribution in [-0.4, -0.2) is 18.2 Å². The molecule has 0 amide bonds. The predicted molar refractivity (Wildman–Crippen MR) is 85.3 cm³/mol. The van der Waals surface area contributed by atoms with Crippen molar-refractivity contribution >= 4 is 44.0 Å². The van der Waals surface area contributed by atoms with Crippen LogP contribution in [0.4, 0.5) is 10.8 Å². The minimum absolute atomic E-state index is 0.579. The van der Waals surface area contributed by atoms with Crippen LogP contribution in [0.15, 0.2) is 36.4 Å². The zero-order chi connectivity index (χ0) is 14.2. The van der Waals surface area contributed by atoms with E-state index in [9.17, 15) is 0 Å². The van der Waals surface area contributed by atoms with Crippen molar-refractivity contribution in [2.75, 3.05) is 18.5 Å². The average molecular weight is 319 g/mol. The largest absolute Gasteiger partial charge is 0.486 e. The number of hydrogen-bond acceptors (Lipinski definition) is 5. The smallest absolute Gasteiger partial charge is 0.188 e. The summed E-state index contributed by atoms with van der Waals surface area (Å²) in [6.45, 7) is 1.18. The molecule has 2 heterocycles. The maximum absolute atomic E-state index is 6.00. The molecule has 4 nitrogen and oxygen atoms in total. The second-order valence-corrected chi connectivity index (χ2v) is 6.08. The van der Waals surface area contributed by atoms with Gasteiger partial charge in [0.15, 0.2) is 16.6 Å². The van der Waals surface area contributed by atoms with Crippen LogP contribution in [-0.2, 0) is 0 Å². The summed E-state index contributed by atoms with van der Waals surface area (Å²) in [5.41, 5.74) is 1.86. The van der Waals surface area contributed by atoms with E-state index in [1.807, 2.05) is 36.4 Å². The van der Waals surface area contributed by atoms with E-state index < -0.39 is 0 Å². The first-order valence-corrected chi connectivity index (χ1v) is 7.70. The molecule has 0 saturated heterocycles. The third-order valence-corrected chi connectivity index (χ3v) is 4.31. The SMILES string of the molecule is Clc1ccc2nc(Nc3ccc4c(c3)OCCO4)sc2c1. The van der Waals surface area contributed by atoms with E-state index in [2.05, 4.69) is 10.3 Å². The Kier molecular flexibility index (Phi) is 3.09. The van der Waals surface area contributed by atoms with Gasteiger partial charge in [0, 0.05) is 16.8 Å². The Balaban J connectivity index is 1.64. The topological polar surface area (TPSA) is 43.4 Å². The Labute approximate surface area is 130 Å². The van der Waals surface area contributed by atoms with Crippen molar-refractivity contribution in [3.8, 4) is 11.5 Å². The van der Waals surface area contributed by atoms with Crippen molar-refractivity contribution in [3.05, 3.63) is 41.4 Å². The minimum Gasteiger partial charge on any atom is -0.486 e. The van der Waals surface area contributed by atoms with Crippen LogP contribution in [0.2, 0.25) is 5.02 Å². The van der Waals surface area contributed by atoms with E-state index in [1.165, 1.54) is 0 Å². The highest BCUT2D eigenvalue weighted by atomic mass is 35.5. The zero-order valence-corrected chi connectivity index (χ0v) is 12.5. The fraction of sp³-hybridized carbons (Fsp3) is 0.133. The Morgan fingerprint density at radius 1 is 1.05 bits per heavy atom. The highest BCUT2D eigenvalue weighted by Crippen LogP contribution is 2.35. The fourth-order valence-electron chi connectivity index (χ4n) is 2.20. The van der Waals surface area contributed by atoms with Crippen LogP contribution in [0.1, 0.15) is 0 Å². The van der Waals surface area contributed by atoms with E-state index in [-0.39, 0.29) is 0 Å². The lowest BCUT2D eigenvalue weighted by Crippen LogP contribution is -2.15. The first-order valence-electron chi connectivity index (χ1n) is 6.51. The average Bonchev–Trinajstić information content (AvgIpc) is 2.88. The number of nitrogens with one attached hydrogen (secondary N) is 1. The van der Waals surface area contributed by atoms with Gasteiger partial charge in [-0.05, 0) is 30.3 Å². The molecular formula is C15H11ClN2O2S. The van der Waals surface area contributed by atoms with Gasteiger partial charge in [-0.15, -0.1) is 0 Å². The van der Waals surface area contributed by atoms with Crippen LogP contribution >= 0.6 is 22.9 Å². The predicted octanol–water partition coefficient (Wildman–Crippen LogP) is 4.46. The normalized spacial score (nSPS) is 13.4. The molecule has 3 aromatic rings. The molecule has 1 aromatic heterocycles. The minimum atomic E-state index is 0.579. The van der Waals surface area contributed by atoms with Gasteiger partial charge in [-0.25, -0.2) is 4.98 Å². The number of nitrogens with zero attached hydrogens (tertiary/aromatic N) is 1. The molecule has 1 aliphatic heterocycles. The summed E-state index contributed by atoms with van der Waals surface area (Å²) in [5, 5.41) is 4.83. The monoisotopic (exact) mass is 318 g/mol. The maximum atomic E-state index is 6.00. The number of ether oxygens (including phenoxy) is 2. The lowest BCUT2D eigenvalue weighted by atomic mass is 10.2. The third kappa shape index (κ3) is 2.50. The lowest BCUT2D eigenvalue weighted by Gasteiger charge is -2.18. The molecule has 0 spiro atoms. The third-order valence-electron chi connectivity index (χ3n) is 3.14. The molecule has 0 bridgehead atoms. The molecule has 0 aliphatic carbocycles. The summed E-state index contributed by atoms with van der Waals surface area (Å²) >= 11 is 7.56. The van der Waals surface area contributed by atoms with Gasteiger partial charge in [0.1, 0.15) is 13.2 Å². The summed E-state index contributed by atoms with van der Waals surface area (Å²) in [6.07, 6.45) is 0. The van der Waals surface area contributed by atoms with Crippen molar-refractivity contribution < 1.29 is 9.47 Å². The van der Waals surface area contributed by atoms with E-state index in [0.29, 0.717) is 13.2 Å². The summed E-state index contributed by atoms with van der Waals surface area (Å²) in [5.74, 6) is 1.54. The van der Waals surface area contributed by atoms with Crippen LogP contribution in [0, 0.1) is 0 Å². The van der Waals surface area contributed by atoms with Crippen molar-refractivity contribution in [3.63, 3.8) is 0 Å². The van der Waals surface area contributed by atoms with Crippen LogP contribution < -0.4 is 14.8 Å². The second-order valence-electron chi connectivity index (χ2n) is 4.61. The highest BCUT2D eigenvalue weighted by molar-refractivity contribution is 7.22. The Morgan fingerprint density at radius 3 is 2.81 bits per heavy atom. The number of halogens is 1. The van der Waals surface area contributed by atoms with Gasteiger partial charge < -0.3 is 14.8 Å². The number of benzene rings is 2. The Bertz CT molecular complexity index is 819. The van der Waals surface area contributed by atoms with Crippen molar-refractivity contribution in [1.29, 1.82) is 0 Å². The fourth-order valence-corrected chi connectivity index (χ4v) is 3.36. The first kappa shape index (κ1) is 12.7. The van der Waals surface area contributed by atoms with E-state index in [4.69, 9.17) is 21.1 Å². The molecule has 2 aromatic carbocycles. The van der Waals surface area contributed by atoms with E-state index in [0.717, 1.165) is 37.6 Å². The molecule has 0 atom stereocenters. The van der Waals surface area contributed by atoms with Gasteiger partial charge in [-0.2, -0.15) is 0 Å². The summed E-state index contributed by atoms with van der Waals surface area (Å²) in [6, 6.07) is 11.5. The molecule has 21 heavy (non-hydrogen) atoms. The molecule has 4 rings (SSSR count). The molecule has 0 radical (unpaired) electrons. The van der Waals surface area contributed by atoms with E-state index >= 15 is 0 Å². The number of thiazole rings is 1. The highest BCUT2D eigenvalue weighted by Gasteiger charge is 2.12. The second kappa shape index (κ2) is 5.09. The van der Waals surface area contributed by atoms with Gasteiger partial charge in [0.2, 0.25) is 0 Å². The van der Waals surface area contributed by atoms with Gasteiger partial charge in [-0.3, -0.25) is 0 Å². The molecular weight excluding hydrogens is 308 g/mol. The zero-order valence-electron chi connectivity index (χ0n) is 10.9. The van der Waals surface area contributed by atoms with Crippen LogP contribution in [0.3, 0.4) is 0 Å². The number of anilines is 2. The number of hydrogen-bond donors (Lipinski definition) is 1. The number of rotatable bonds is 2. The lowest BCUT2D eigenvalue weighted by molar-refractivity contribution is 0.171. The maximum Gasteiger partial charge on any atom is 0.188 e. The van der Waals surface area contributed by atoms with Crippen molar-refractivity contribution in [2.24, 2.45) is 0 Å².